The van der Waals surface area contributed by atoms with Crippen LogP contribution in [0.15, 0.2) is 11.0 Å². The summed E-state index contributed by atoms with van der Waals surface area (Å²) in [6.07, 6.45) is 1.08. The molecule has 0 bridgehead atoms. The number of sulfonamides is 1. The highest BCUT2D eigenvalue weighted by molar-refractivity contribution is 7.89. The smallest absolute Gasteiger partial charge is 0.244 e. The van der Waals surface area contributed by atoms with E-state index in [1.54, 1.807) is 15.6 Å². The first-order valence-electron chi connectivity index (χ1n) is 7.66. The molecule has 4 nitrogen and oxygen atoms in total. The maximum absolute atomic E-state index is 12.8. The molecule has 2 rings (SSSR count). The number of hydrogen-bond acceptors (Lipinski definition) is 4. The molecule has 2 heterocycles. The minimum Gasteiger partial charge on any atom is -0.312 e. The van der Waals surface area contributed by atoms with E-state index in [1.165, 1.54) is 0 Å². The summed E-state index contributed by atoms with van der Waals surface area (Å²) in [4.78, 5) is 2.50. The molecule has 2 atom stereocenters. The van der Waals surface area contributed by atoms with Crippen molar-refractivity contribution in [2.75, 3.05) is 19.6 Å². The first kappa shape index (κ1) is 16.9. The van der Waals surface area contributed by atoms with Gasteiger partial charge in [0, 0.05) is 29.4 Å². The number of thiophene rings is 1. The van der Waals surface area contributed by atoms with Crippen LogP contribution in [0.5, 0.6) is 0 Å². The minimum atomic E-state index is -3.33. The molecule has 1 aromatic heterocycles. The van der Waals surface area contributed by atoms with Crippen molar-refractivity contribution in [2.45, 2.75) is 45.6 Å². The SMILES string of the molecule is CCCNCc1cc(S(=O)(=O)N2CC(C)C(C)C2)c(C)s1. The highest BCUT2D eigenvalue weighted by atomic mass is 32.2. The molecule has 0 saturated carbocycles. The number of nitrogens with zero attached hydrogens (tertiary/aromatic N) is 1. The Morgan fingerprint density at radius 1 is 1.33 bits per heavy atom. The van der Waals surface area contributed by atoms with Crippen molar-refractivity contribution in [3.8, 4) is 0 Å². The first-order valence-corrected chi connectivity index (χ1v) is 9.92. The van der Waals surface area contributed by atoms with Crippen molar-refractivity contribution in [3.63, 3.8) is 0 Å². The molecular formula is C15H26N2O2S2. The lowest BCUT2D eigenvalue weighted by Crippen LogP contribution is -2.29. The van der Waals surface area contributed by atoms with Crippen LogP contribution < -0.4 is 5.32 Å². The Bertz CT molecular complexity index is 570. The summed E-state index contributed by atoms with van der Waals surface area (Å²) in [6.45, 7) is 11.3. The number of nitrogens with one attached hydrogen (secondary N) is 1. The molecule has 21 heavy (non-hydrogen) atoms. The van der Waals surface area contributed by atoms with Crippen molar-refractivity contribution in [3.05, 3.63) is 15.8 Å². The van der Waals surface area contributed by atoms with Crippen molar-refractivity contribution in [1.29, 1.82) is 0 Å². The molecule has 120 valence electrons. The van der Waals surface area contributed by atoms with Crippen molar-refractivity contribution in [1.82, 2.24) is 9.62 Å². The summed E-state index contributed by atoms with van der Waals surface area (Å²) in [7, 11) is -3.33. The molecule has 2 unspecified atom stereocenters. The molecule has 0 aromatic carbocycles. The fourth-order valence-corrected chi connectivity index (χ4v) is 5.88. The highest BCUT2D eigenvalue weighted by Crippen LogP contribution is 2.32. The van der Waals surface area contributed by atoms with Gasteiger partial charge in [0.1, 0.15) is 0 Å². The second-order valence-electron chi connectivity index (χ2n) is 6.09. The monoisotopic (exact) mass is 330 g/mol. The molecule has 1 aliphatic rings. The van der Waals surface area contributed by atoms with Crippen LogP contribution in [0.25, 0.3) is 0 Å². The Kier molecular flexibility index (Phi) is 5.46. The second kappa shape index (κ2) is 6.77. The van der Waals surface area contributed by atoms with Crippen LogP contribution in [-0.4, -0.2) is 32.4 Å². The van der Waals surface area contributed by atoms with E-state index in [9.17, 15) is 8.42 Å². The summed E-state index contributed by atoms with van der Waals surface area (Å²) >= 11 is 1.58. The Morgan fingerprint density at radius 2 is 1.95 bits per heavy atom. The van der Waals surface area contributed by atoms with Gasteiger partial charge < -0.3 is 5.32 Å². The Hall–Kier alpha value is -0.430. The van der Waals surface area contributed by atoms with E-state index < -0.39 is 10.0 Å². The van der Waals surface area contributed by atoms with E-state index in [1.807, 2.05) is 13.0 Å². The molecule has 1 aromatic rings. The quantitative estimate of drug-likeness (QED) is 0.816. The van der Waals surface area contributed by atoms with Gasteiger partial charge in [0.05, 0.1) is 4.90 Å². The summed E-state index contributed by atoms with van der Waals surface area (Å²) in [6, 6.07) is 1.85. The van der Waals surface area contributed by atoms with Gasteiger partial charge in [-0.2, -0.15) is 4.31 Å². The predicted molar refractivity (Wildman–Crippen MR) is 88.1 cm³/mol. The van der Waals surface area contributed by atoms with E-state index in [4.69, 9.17) is 0 Å². The standard InChI is InChI=1S/C15H26N2O2S2/c1-5-6-16-8-14-7-15(13(4)20-14)21(18,19)17-9-11(2)12(3)10-17/h7,11-12,16H,5-6,8-10H2,1-4H3. The molecule has 0 spiro atoms. The van der Waals surface area contributed by atoms with Crippen LogP contribution in [0.2, 0.25) is 0 Å². The second-order valence-corrected chi connectivity index (χ2v) is 9.33. The van der Waals surface area contributed by atoms with Gasteiger partial charge >= 0.3 is 0 Å². The molecule has 1 aliphatic heterocycles. The third kappa shape index (κ3) is 3.67. The van der Waals surface area contributed by atoms with Gasteiger partial charge in [-0.05, 0) is 37.8 Å². The number of aryl methyl sites for hydroxylation is 1. The van der Waals surface area contributed by atoms with Crippen LogP contribution in [0.4, 0.5) is 0 Å². The lowest BCUT2D eigenvalue weighted by Gasteiger charge is -2.15. The van der Waals surface area contributed by atoms with Gasteiger partial charge in [0.2, 0.25) is 10.0 Å². The first-order chi connectivity index (χ1) is 9.86. The molecule has 0 amide bonds. The van der Waals surface area contributed by atoms with E-state index in [0.29, 0.717) is 29.8 Å². The molecule has 6 heteroatoms. The zero-order chi connectivity index (χ0) is 15.6. The van der Waals surface area contributed by atoms with Gasteiger partial charge in [-0.25, -0.2) is 8.42 Å². The topological polar surface area (TPSA) is 49.4 Å². The van der Waals surface area contributed by atoms with Crippen LogP contribution >= 0.6 is 11.3 Å². The van der Waals surface area contributed by atoms with E-state index >= 15 is 0 Å². The molecule has 0 radical (unpaired) electrons. The average molecular weight is 331 g/mol. The number of rotatable bonds is 6. The average Bonchev–Trinajstić information content (AvgIpc) is 2.95. The Morgan fingerprint density at radius 3 is 2.52 bits per heavy atom. The zero-order valence-electron chi connectivity index (χ0n) is 13.3. The lowest BCUT2D eigenvalue weighted by molar-refractivity contribution is 0.463. The normalized spacial score (nSPS) is 23.8. The molecule has 1 fully saturated rings. The summed E-state index contributed by atoms with van der Waals surface area (Å²) in [5.74, 6) is 0.869. The molecule has 0 aliphatic carbocycles. The van der Waals surface area contributed by atoms with Gasteiger partial charge in [-0.1, -0.05) is 20.8 Å². The third-order valence-electron chi connectivity index (χ3n) is 4.22. The van der Waals surface area contributed by atoms with Gasteiger partial charge in [0.15, 0.2) is 0 Å². The number of hydrogen-bond donors (Lipinski definition) is 1. The fraction of sp³-hybridized carbons (Fsp3) is 0.733. The molecule has 1 N–H and O–H groups in total. The van der Waals surface area contributed by atoms with Crippen LogP contribution in [0.3, 0.4) is 0 Å². The Labute approximate surface area is 132 Å². The summed E-state index contributed by atoms with van der Waals surface area (Å²) < 4.78 is 27.3. The summed E-state index contributed by atoms with van der Waals surface area (Å²) in [5, 5.41) is 3.33. The predicted octanol–water partition coefficient (Wildman–Crippen LogP) is 2.83. The molecule has 1 saturated heterocycles. The zero-order valence-corrected chi connectivity index (χ0v) is 15.0. The highest BCUT2D eigenvalue weighted by Gasteiger charge is 2.36. The maximum atomic E-state index is 12.8. The Balaban J connectivity index is 2.17. The lowest BCUT2D eigenvalue weighted by atomic mass is 10.0. The molecular weight excluding hydrogens is 304 g/mol. The summed E-state index contributed by atoms with van der Waals surface area (Å²) in [5.41, 5.74) is 0. The third-order valence-corrected chi connectivity index (χ3v) is 7.36. The van der Waals surface area contributed by atoms with Crippen molar-refractivity contribution in [2.24, 2.45) is 11.8 Å². The minimum absolute atomic E-state index is 0.435. The van der Waals surface area contributed by atoms with Crippen LogP contribution in [0.1, 0.15) is 36.9 Å². The van der Waals surface area contributed by atoms with E-state index in [-0.39, 0.29) is 0 Å². The van der Waals surface area contributed by atoms with Gasteiger partial charge in [-0.15, -0.1) is 11.3 Å². The van der Waals surface area contributed by atoms with E-state index in [2.05, 4.69) is 26.1 Å². The maximum Gasteiger partial charge on any atom is 0.244 e. The van der Waals surface area contributed by atoms with Crippen molar-refractivity contribution >= 4 is 21.4 Å². The van der Waals surface area contributed by atoms with E-state index in [0.717, 1.165) is 29.3 Å². The van der Waals surface area contributed by atoms with Gasteiger partial charge in [-0.3, -0.25) is 0 Å². The van der Waals surface area contributed by atoms with Crippen LogP contribution in [-0.2, 0) is 16.6 Å². The van der Waals surface area contributed by atoms with Gasteiger partial charge in [0.25, 0.3) is 0 Å². The van der Waals surface area contributed by atoms with Crippen LogP contribution in [0, 0.1) is 18.8 Å². The fourth-order valence-electron chi connectivity index (χ4n) is 2.67. The largest absolute Gasteiger partial charge is 0.312 e. The van der Waals surface area contributed by atoms with Crippen molar-refractivity contribution < 1.29 is 8.42 Å².